The van der Waals surface area contributed by atoms with Crippen molar-refractivity contribution in [2.45, 2.75) is 4.34 Å². The first-order chi connectivity index (χ1) is 11.8. The van der Waals surface area contributed by atoms with Crippen molar-refractivity contribution in [1.29, 1.82) is 0 Å². The molecule has 0 radical (unpaired) electrons. The van der Waals surface area contributed by atoms with E-state index in [1.807, 2.05) is 60.7 Å². The Morgan fingerprint density at radius 3 is 2.21 bits per heavy atom. The monoisotopic (exact) mass is 354 g/mol. The van der Waals surface area contributed by atoms with Crippen molar-refractivity contribution in [2.75, 3.05) is 5.75 Å². The molecule has 0 saturated carbocycles. The van der Waals surface area contributed by atoms with E-state index in [-0.39, 0.29) is 11.7 Å². The lowest BCUT2D eigenvalue weighted by atomic mass is 10.0. The van der Waals surface area contributed by atoms with Crippen molar-refractivity contribution in [3.8, 4) is 0 Å². The zero-order chi connectivity index (χ0) is 16.6. The van der Waals surface area contributed by atoms with Crippen LogP contribution in [0.3, 0.4) is 0 Å². The van der Waals surface area contributed by atoms with Gasteiger partial charge in [0.1, 0.15) is 5.51 Å². The van der Waals surface area contributed by atoms with E-state index in [1.54, 1.807) is 5.51 Å². The fourth-order valence-corrected chi connectivity index (χ4v) is 3.27. The lowest BCUT2D eigenvalue weighted by Gasteiger charge is -2.07. The van der Waals surface area contributed by atoms with Crippen LogP contribution in [0.4, 0.5) is 0 Å². The van der Waals surface area contributed by atoms with Gasteiger partial charge in [-0.15, -0.1) is 10.2 Å². The van der Waals surface area contributed by atoms with E-state index >= 15 is 0 Å². The molecule has 1 heterocycles. The highest BCUT2D eigenvalue weighted by Gasteiger charge is 2.08. The fraction of sp³-hybridized carbons (Fsp3) is 0.0588. The number of hydrazone groups is 1. The highest BCUT2D eigenvalue weighted by atomic mass is 32.2. The number of aromatic nitrogens is 2. The number of rotatable bonds is 6. The maximum atomic E-state index is 12.0. The molecule has 0 fully saturated rings. The van der Waals surface area contributed by atoms with Gasteiger partial charge in [-0.25, -0.2) is 5.43 Å². The molecule has 0 aliphatic carbocycles. The summed E-state index contributed by atoms with van der Waals surface area (Å²) in [6.45, 7) is 0. The Labute approximate surface area is 147 Å². The molecule has 3 aromatic rings. The largest absolute Gasteiger partial charge is 0.272 e. The van der Waals surface area contributed by atoms with Gasteiger partial charge in [-0.1, -0.05) is 83.8 Å². The third-order valence-corrected chi connectivity index (χ3v) is 4.91. The lowest BCUT2D eigenvalue weighted by molar-refractivity contribution is -0.118. The van der Waals surface area contributed by atoms with Crippen molar-refractivity contribution in [1.82, 2.24) is 15.6 Å². The summed E-state index contributed by atoms with van der Waals surface area (Å²) in [4.78, 5) is 12.0. The Morgan fingerprint density at radius 2 is 1.67 bits per heavy atom. The quantitative estimate of drug-likeness (QED) is 0.419. The zero-order valence-corrected chi connectivity index (χ0v) is 14.3. The minimum Gasteiger partial charge on any atom is -0.272 e. The van der Waals surface area contributed by atoms with Crippen LogP contribution in [0.1, 0.15) is 11.1 Å². The number of carbonyl (C=O) groups is 1. The van der Waals surface area contributed by atoms with Crippen LogP contribution < -0.4 is 5.43 Å². The standard InChI is InChI=1S/C17H14N4OS2/c22-15(11-23-17-21-18-12-24-17)19-20-16(13-7-3-1-4-8-13)14-9-5-2-6-10-14/h1-10,12H,11H2,(H,19,22). The first-order valence-electron chi connectivity index (χ1n) is 7.19. The summed E-state index contributed by atoms with van der Waals surface area (Å²) in [6, 6.07) is 19.5. The van der Waals surface area contributed by atoms with Gasteiger partial charge >= 0.3 is 0 Å². The second kappa shape index (κ2) is 8.37. The van der Waals surface area contributed by atoms with Crippen molar-refractivity contribution < 1.29 is 4.79 Å². The molecule has 1 aromatic heterocycles. The van der Waals surface area contributed by atoms with Crippen LogP contribution in [0.5, 0.6) is 0 Å². The number of carbonyl (C=O) groups excluding carboxylic acids is 1. The maximum absolute atomic E-state index is 12.0. The van der Waals surface area contributed by atoms with Gasteiger partial charge in [0.15, 0.2) is 4.34 Å². The van der Waals surface area contributed by atoms with Crippen LogP contribution >= 0.6 is 23.1 Å². The molecule has 0 bridgehead atoms. The van der Waals surface area contributed by atoms with E-state index in [4.69, 9.17) is 0 Å². The summed E-state index contributed by atoms with van der Waals surface area (Å²) >= 11 is 2.75. The minimum atomic E-state index is -0.181. The smallest absolute Gasteiger partial charge is 0.250 e. The van der Waals surface area contributed by atoms with E-state index in [9.17, 15) is 4.79 Å². The summed E-state index contributed by atoms with van der Waals surface area (Å²) in [5.41, 5.74) is 6.88. The number of nitrogens with one attached hydrogen (secondary N) is 1. The van der Waals surface area contributed by atoms with Gasteiger partial charge in [0, 0.05) is 11.1 Å². The predicted octanol–water partition coefficient (Wildman–Crippen LogP) is 3.20. The average Bonchev–Trinajstić information content (AvgIpc) is 3.16. The Hall–Kier alpha value is -2.51. The third-order valence-electron chi connectivity index (χ3n) is 3.05. The molecule has 0 atom stereocenters. The van der Waals surface area contributed by atoms with Gasteiger partial charge in [-0.2, -0.15) is 5.10 Å². The number of benzene rings is 2. The van der Waals surface area contributed by atoms with Gasteiger partial charge in [-0.3, -0.25) is 4.79 Å². The first kappa shape index (κ1) is 16.4. The maximum Gasteiger partial charge on any atom is 0.250 e. The Morgan fingerprint density at radius 1 is 1.04 bits per heavy atom. The summed E-state index contributed by atoms with van der Waals surface area (Å²) in [7, 11) is 0. The molecule has 0 saturated heterocycles. The van der Waals surface area contributed by atoms with E-state index in [0.29, 0.717) is 0 Å². The Kier molecular flexibility index (Phi) is 5.70. The van der Waals surface area contributed by atoms with Crippen LogP contribution in [0.15, 0.2) is 75.6 Å². The first-order valence-corrected chi connectivity index (χ1v) is 9.06. The third kappa shape index (κ3) is 4.50. The SMILES string of the molecule is O=C(CSc1nncs1)NN=C(c1ccccc1)c1ccccc1. The van der Waals surface area contributed by atoms with Crippen LogP contribution in [-0.4, -0.2) is 27.6 Å². The van der Waals surface area contributed by atoms with Gasteiger partial charge in [-0.05, 0) is 0 Å². The van der Waals surface area contributed by atoms with Gasteiger partial charge < -0.3 is 0 Å². The molecular weight excluding hydrogens is 340 g/mol. The highest BCUT2D eigenvalue weighted by Crippen LogP contribution is 2.18. The fourth-order valence-electron chi connectivity index (χ4n) is 1.99. The molecule has 120 valence electrons. The molecule has 2 aromatic carbocycles. The van der Waals surface area contributed by atoms with E-state index < -0.39 is 0 Å². The van der Waals surface area contributed by atoms with Crippen LogP contribution in [0.25, 0.3) is 0 Å². The summed E-state index contributed by atoms with van der Waals surface area (Å²) in [5, 5.41) is 12.0. The molecule has 3 rings (SSSR count). The van der Waals surface area contributed by atoms with Crippen molar-refractivity contribution >= 4 is 34.7 Å². The normalized spacial score (nSPS) is 10.2. The topological polar surface area (TPSA) is 67.2 Å². The van der Waals surface area contributed by atoms with E-state index in [1.165, 1.54) is 23.1 Å². The molecule has 1 amide bonds. The van der Waals surface area contributed by atoms with Crippen LogP contribution in [0, 0.1) is 0 Å². The molecule has 0 unspecified atom stereocenters. The van der Waals surface area contributed by atoms with Crippen molar-refractivity contribution in [3.05, 3.63) is 77.3 Å². The second-order valence-corrected chi connectivity index (χ2v) is 6.78. The van der Waals surface area contributed by atoms with Crippen molar-refractivity contribution in [3.63, 3.8) is 0 Å². The molecule has 24 heavy (non-hydrogen) atoms. The van der Waals surface area contributed by atoms with Gasteiger partial charge in [0.05, 0.1) is 11.5 Å². The summed E-state index contributed by atoms with van der Waals surface area (Å²) in [5.74, 6) is 0.0646. The molecular formula is C17H14N4OS2. The summed E-state index contributed by atoms with van der Waals surface area (Å²) < 4.78 is 0.764. The van der Waals surface area contributed by atoms with Crippen LogP contribution in [-0.2, 0) is 4.79 Å². The molecule has 0 aliphatic rings. The number of thioether (sulfide) groups is 1. The molecule has 1 N–H and O–H groups in total. The molecule has 5 nitrogen and oxygen atoms in total. The predicted molar refractivity (Wildman–Crippen MR) is 97.3 cm³/mol. The molecule has 0 aliphatic heterocycles. The highest BCUT2D eigenvalue weighted by molar-refractivity contribution is 8.01. The van der Waals surface area contributed by atoms with Crippen molar-refractivity contribution in [2.24, 2.45) is 5.10 Å². The Bertz CT molecular complexity index is 764. The van der Waals surface area contributed by atoms with E-state index in [2.05, 4.69) is 20.7 Å². The van der Waals surface area contributed by atoms with E-state index in [0.717, 1.165) is 21.2 Å². The number of amides is 1. The van der Waals surface area contributed by atoms with Gasteiger partial charge in [0.25, 0.3) is 5.91 Å². The number of nitrogens with zero attached hydrogens (tertiary/aromatic N) is 3. The molecule has 7 heteroatoms. The summed E-state index contributed by atoms with van der Waals surface area (Å²) in [6.07, 6.45) is 0. The lowest BCUT2D eigenvalue weighted by Crippen LogP contribution is -2.22. The second-order valence-electron chi connectivity index (χ2n) is 4.72. The zero-order valence-electron chi connectivity index (χ0n) is 12.6. The minimum absolute atomic E-state index is 0.181. The Balaban J connectivity index is 1.73. The van der Waals surface area contributed by atoms with Crippen LogP contribution in [0.2, 0.25) is 0 Å². The van der Waals surface area contributed by atoms with Gasteiger partial charge in [0.2, 0.25) is 0 Å². The average molecular weight is 354 g/mol. The number of hydrogen-bond acceptors (Lipinski definition) is 6. The molecule has 0 spiro atoms. The number of hydrogen-bond donors (Lipinski definition) is 1.